The van der Waals surface area contributed by atoms with Crippen LogP contribution in [0.25, 0.3) is 0 Å². The average Bonchev–Trinajstić information content (AvgIpc) is 0. The minimum atomic E-state index is 0. The Morgan fingerprint density at radius 3 is 0.600 bits per heavy atom. The Kier molecular flexibility index (Phi) is 1520. The fourth-order valence-electron chi connectivity index (χ4n) is 0. The Labute approximate surface area is 57.0 Å². The number of hydrogen-bond donors (Lipinski definition) is 0. The van der Waals surface area contributed by atoms with Crippen LogP contribution in [-0.4, -0.2) is 11.0 Å². The van der Waals surface area contributed by atoms with E-state index in [1.165, 1.54) is 0 Å². The van der Waals surface area contributed by atoms with Gasteiger partial charge in [0.2, 0.25) is 0 Å². The van der Waals surface area contributed by atoms with E-state index in [2.05, 4.69) is 0 Å². The molecule has 0 heterocycles. The first kappa shape index (κ1) is 118. The Morgan fingerprint density at radius 1 is 0.600 bits per heavy atom. The Balaban J connectivity index is 0. The zero-order chi connectivity index (χ0) is 0. The van der Waals surface area contributed by atoms with Gasteiger partial charge in [-0.05, 0) is 0 Å². The SMILES string of the molecule is Cl.Cl.O.O.[Mo]. The summed E-state index contributed by atoms with van der Waals surface area (Å²) < 4.78 is 0. The van der Waals surface area contributed by atoms with Crippen LogP contribution < -0.4 is 0 Å². The summed E-state index contributed by atoms with van der Waals surface area (Å²) in [6.45, 7) is 0. The van der Waals surface area contributed by atoms with Gasteiger partial charge in [0, 0.05) is 21.1 Å². The van der Waals surface area contributed by atoms with Crippen LogP contribution in [0.1, 0.15) is 0 Å². The van der Waals surface area contributed by atoms with Crippen molar-refractivity contribution in [3.63, 3.8) is 0 Å². The topological polar surface area (TPSA) is 63.0 Å². The first-order valence-corrected chi connectivity index (χ1v) is 0. The van der Waals surface area contributed by atoms with Crippen LogP contribution in [0.4, 0.5) is 0 Å². The van der Waals surface area contributed by atoms with E-state index < -0.39 is 0 Å². The molecule has 0 saturated heterocycles. The minimum absolute atomic E-state index is 0. The molecule has 0 aliphatic carbocycles. The van der Waals surface area contributed by atoms with E-state index >= 15 is 0 Å². The van der Waals surface area contributed by atoms with E-state index in [1.54, 1.807) is 0 Å². The molecular formula is H6Cl2MoO2. The largest absolute Gasteiger partial charge is 0.412 e. The third-order valence-corrected chi connectivity index (χ3v) is 0. The molecule has 0 saturated carbocycles. The molecule has 0 aromatic carbocycles. The van der Waals surface area contributed by atoms with Crippen molar-refractivity contribution in [1.29, 1.82) is 0 Å². The van der Waals surface area contributed by atoms with Crippen molar-refractivity contribution < 1.29 is 32.0 Å². The average molecular weight is 205 g/mol. The molecule has 0 aliphatic rings. The molecule has 0 spiro atoms. The fraction of sp³-hybridized carbons (Fsp3) is 0. The minimum Gasteiger partial charge on any atom is -0.412 e. The normalized spacial score (nSPS) is 0. The summed E-state index contributed by atoms with van der Waals surface area (Å²) in [5.74, 6) is 0. The second kappa shape index (κ2) is 64.5. The van der Waals surface area contributed by atoms with Gasteiger partial charge < -0.3 is 11.0 Å². The Morgan fingerprint density at radius 2 is 0.600 bits per heavy atom. The summed E-state index contributed by atoms with van der Waals surface area (Å²) in [7, 11) is 0. The van der Waals surface area contributed by atoms with Crippen LogP contribution in [-0.2, 0) is 21.1 Å². The van der Waals surface area contributed by atoms with Crippen molar-refractivity contribution in [2.24, 2.45) is 0 Å². The van der Waals surface area contributed by atoms with Crippen molar-refractivity contribution >= 4 is 24.8 Å². The summed E-state index contributed by atoms with van der Waals surface area (Å²) in [5, 5.41) is 0. The molecule has 0 amide bonds. The molecule has 38 valence electrons. The van der Waals surface area contributed by atoms with E-state index in [9.17, 15) is 0 Å². The second-order valence-electron chi connectivity index (χ2n) is 0. The molecule has 0 rings (SSSR count). The first-order chi connectivity index (χ1) is 0. The predicted molar refractivity (Wildman–Crippen MR) is 21.7 cm³/mol. The molecule has 0 aromatic heterocycles. The van der Waals surface area contributed by atoms with Crippen LogP contribution >= 0.6 is 24.8 Å². The Hall–Kier alpha value is 1.19. The van der Waals surface area contributed by atoms with Crippen molar-refractivity contribution in [2.75, 3.05) is 0 Å². The van der Waals surface area contributed by atoms with E-state index in [4.69, 9.17) is 0 Å². The van der Waals surface area contributed by atoms with Gasteiger partial charge in [-0.1, -0.05) is 0 Å². The van der Waals surface area contributed by atoms with Gasteiger partial charge in [0.05, 0.1) is 0 Å². The molecule has 0 fully saturated rings. The van der Waals surface area contributed by atoms with Gasteiger partial charge in [-0.15, -0.1) is 24.8 Å². The second-order valence-corrected chi connectivity index (χ2v) is 0. The maximum absolute atomic E-state index is 0. The van der Waals surface area contributed by atoms with Crippen LogP contribution in [0.3, 0.4) is 0 Å². The third kappa shape index (κ3) is 37.3. The van der Waals surface area contributed by atoms with Gasteiger partial charge in [-0.25, -0.2) is 0 Å². The molecule has 5 heteroatoms. The fourth-order valence-corrected chi connectivity index (χ4v) is 0. The summed E-state index contributed by atoms with van der Waals surface area (Å²) in [5.41, 5.74) is 0. The van der Waals surface area contributed by atoms with Gasteiger partial charge in [-0.3, -0.25) is 0 Å². The molecule has 0 aromatic rings. The van der Waals surface area contributed by atoms with Crippen LogP contribution in [0.5, 0.6) is 0 Å². The summed E-state index contributed by atoms with van der Waals surface area (Å²) in [6.07, 6.45) is 0. The standard InChI is InChI=1S/2ClH.Mo.2H2O/h2*1H;;2*1H2. The zero-order valence-corrected chi connectivity index (χ0v) is 5.86. The quantitative estimate of drug-likeness (QED) is 0.464. The predicted octanol–water partition coefficient (Wildman–Crippen LogP) is -0.808. The molecule has 0 aliphatic heterocycles. The third-order valence-electron chi connectivity index (χ3n) is 0. The monoisotopic (exact) mass is 206 g/mol. The van der Waals surface area contributed by atoms with Gasteiger partial charge in [0.15, 0.2) is 0 Å². The van der Waals surface area contributed by atoms with E-state index in [0.29, 0.717) is 0 Å². The summed E-state index contributed by atoms with van der Waals surface area (Å²) in [6, 6.07) is 0. The van der Waals surface area contributed by atoms with Gasteiger partial charge in [0.25, 0.3) is 0 Å². The van der Waals surface area contributed by atoms with Crippen LogP contribution in [0, 0.1) is 0 Å². The molecule has 0 bridgehead atoms. The van der Waals surface area contributed by atoms with Crippen molar-refractivity contribution in [3.8, 4) is 0 Å². The van der Waals surface area contributed by atoms with Crippen LogP contribution in [0.15, 0.2) is 0 Å². The molecule has 0 unspecified atom stereocenters. The maximum Gasteiger partial charge on any atom is 0 e. The molecule has 4 N–H and O–H groups in total. The van der Waals surface area contributed by atoms with E-state index in [0.717, 1.165) is 0 Å². The van der Waals surface area contributed by atoms with Gasteiger partial charge in [0.1, 0.15) is 0 Å². The van der Waals surface area contributed by atoms with Crippen molar-refractivity contribution in [1.82, 2.24) is 0 Å². The van der Waals surface area contributed by atoms with Crippen LogP contribution in [0.2, 0.25) is 0 Å². The number of halogens is 2. The van der Waals surface area contributed by atoms with E-state index in [1.807, 2.05) is 0 Å². The maximum atomic E-state index is 0. The van der Waals surface area contributed by atoms with Crippen molar-refractivity contribution in [2.45, 2.75) is 0 Å². The first-order valence-electron chi connectivity index (χ1n) is 0. The summed E-state index contributed by atoms with van der Waals surface area (Å²) in [4.78, 5) is 0. The molecular weight excluding hydrogens is 199 g/mol. The Bertz CT molecular complexity index is 7.61. The molecule has 0 atom stereocenters. The van der Waals surface area contributed by atoms with E-state index in [-0.39, 0.29) is 56.8 Å². The summed E-state index contributed by atoms with van der Waals surface area (Å²) >= 11 is 0. The number of hydrogen-bond acceptors (Lipinski definition) is 0. The number of rotatable bonds is 0. The molecule has 2 nitrogen and oxygen atoms in total. The zero-order valence-electron chi connectivity index (χ0n) is 2.22. The molecule has 5 heavy (non-hydrogen) atoms. The van der Waals surface area contributed by atoms with Gasteiger partial charge >= 0.3 is 0 Å². The molecule has 0 radical (unpaired) electrons. The smallest absolute Gasteiger partial charge is 0 e. The van der Waals surface area contributed by atoms with Gasteiger partial charge in [-0.2, -0.15) is 0 Å². The van der Waals surface area contributed by atoms with Crippen molar-refractivity contribution in [3.05, 3.63) is 0 Å².